The number of para-hydroxylation sites is 1. The molecular weight excluding hydrogens is 276 g/mol. The van der Waals surface area contributed by atoms with Crippen LogP contribution in [0.3, 0.4) is 0 Å². The smallest absolute Gasteiger partial charge is 0.323 e. The number of amides is 2. The quantitative estimate of drug-likeness (QED) is 0.885. The van der Waals surface area contributed by atoms with E-state index in [1.54, 1.807) is 43.5 Å². The predicted molar refractivity (Wildman–Crippen MR) is 81.8 cm³/mol. The van der Waals surface area contributed by atoms with Crippen LogP contribution in [-0.2, 0) is 0 Å². The van der Waals surface area contributed by atoms with Crippen LogP contribution in [-0.4, -0.2) is 13.1 Å². The Kier molecular flexibility index (Phi) is 4.48. The van der Waals surface area contributed by atoms with Crippen molar-refractivity contribution in [2.24, 2.45) is 0 Å². The molecule has 4 nitrogen and oxygen atoms in total. The zero-order valence-electron chi connectivity index (χ0n) is 11.2. The first-order valence-electron chi connectivity index (χ1n) is 6.07. The molecule has 0 heterocycles. The van der Waals surface area contributed by atoms with Crippen LogP contribution in [0.2, 0.25) is 5.02 Å². The van der Waals surface area contributed by atoms with Crippen molar-refractivity contribution in [2.75, 3.05) is 17.7 Å². The molecule has 0 unspecified atom stereocenters. The van der Waals surface area contributed by atoms with Crippen LogP contribution < -0.4 is 15.4 Å². The van der Waals surface area contributed by atoms with Gasteiger partial charge in [0.25, 0.3) is 0 Å². The number of hydrogen-bond acceptors (Lipinski definition) is 2. The zero-order chi connectivity index (χ0) is 14.5. The summed E-state index contributed by atoms with van der Waals surface area (Å²) in [5.41, 5.74) is 2.20. The fraction of sp³-hybridized carbons (Fsp3) is 0.133. The van der Waals surface area contributed by atoms with Crippen LogP contribution in [0.4, 0.5) is 16.2 Å². The number of nitrogens with one attached hydrogen (secondary N) is 2. The number of aryl methyl sites for hydroxylation is 1. The average molecular weight is 291 g/mol. The summed E-state index contributed by atoms with van der Waals surface area (Å²) in [6.07, 6.45) is 0. The lowest BCUT2D eigenvalue weighted by Crippen LogP contribution is -2.20. The van der Waals surface area contributed by atoms with Gasteiger partial charge < -0.3 is 15.4 Å². The summed E-state index contributed by atoms with van der Waals surface area (Å²) in [5, 5.41) is 5.97. The fourth-order valence-corrected chi connectivity index (χ4v) is 1.92. The highest BCUT2D eigenvalue weighted by Crippen LogP contribution is 2.23. The van der Waals surface area contributed by atoms with E-state index in [2.05, 4.69) is 10.6 Å². The van der Waals surface area contributed by atoms with Crippen LogP contribution in [0.15, 0.2) is 42.5 Å². The van der Waals surface area contributed by atoms with E-state index in [1.807, 2.05) is 13.0 Å². The molecule has 0 aliphatic rings. The summed E-state index contributed by atoms with van der Waals surface area (Å²) in [4.78, 5) is 11.9. The highest BCUT2D eigenvalue weighted by Gasteiger charge is 2.07. The Morgan fingerprint density at radius 3 is 2.45 bits per heavy atom. The number of methoxy groups -OCH3 is 1. The largest absolute Gasteiger partial charge is 0.497 e. The molecule has 0 aromatic heterocycles. The fourth-order valence-electron chi connectivity index (χ4n) is 1.74. The summed E-state index contributed by atoms with van der Waals surface area (Å²) < 4.78 is 5.12. The van der Waals surface area contributed by atoms with Crippen molar-refractivity contribution < 1.29 is 9.53 Å². The number of carbonyl (C=O) groups excluding carboxylic acids is 1. The monoisotopic (exact) mass is 290 g/mol. The van der Waals surface area contributed by atoms with Crippen molar-refractivity contribution in [1.82, 2.24) is 0 Å². The third-order valence-electron chi connectivity index (χ3n) is 2.80. The molecule has 0 atom stereocenters. The normalized spacial score (nSPS) is 9.95. The average Bonchev–Trinajstić information content (AvgIpc) is 2.43. The summed E-state index contributed by atoms with van der Waals surface area (Å²) >= 11 is 5.98. The molecule has 0 aliphatic carbocycles. The Morgan fingerprint density at radius 2 is 1.80 bits per heavy atom. The van der Waals surface area contributed by atoms with E-state index < -0.39 is 0 Å². The van der Waals surface area contributed by atoms with Crippen molar-refractivity contribution in [3.05, 3.63) is 53.1 Å². The van der Waals surface area contributed by atoms with E-state index in [0.29, 0.717) is 10.7 Å². The van der Waals surface area contributed by atoms with Gasteiger partial charge in [0.2, 0.25) is 0 Å². The molecule has 2 rings (SSSR count). The third kappa shape index (κ3) is 3.42. The van der Waals surface area contributed by atoms with Crippen molar-refractivity contribution in [3.63, 3.8) is 0 Å². The van der Waals surface area contributed by atoms with Gasteiger partial charge in [-0.2, -0.15) is 0 Å². The minimum atomic E-state index is -0.341. The number of halogens is 1. The van der Waals surface area contributed by atoms with Gasteiger partial charge in [-0.05, 0) is 42.8 Å². The topological polar surface area (TPSA) is 50.4 Å². The Hall–Kier alpha value is -2.20. The van der Waals surface area contributed by atoms with Gasteiger partial charge in [0.05, 0.1) is 17.8 Å². The molecule has 2 aromatic rings. The van der Waals surface area contributed by atoms with Crippen molar-refractivity contribution in [1.29, 1.82) is 0 Å². The van der Waals surface area contributed by atoms with Gasteiger partial charge in [-0.3, -0.25) is 0 Å². The first kappa shape index (κ1) is 14.2. The summed E-state index contributed by atoms with van der Waals surface area (Å²) in [5.74, 6) is 0.750. The maximum absolute atomic E-state index is 11.9. The predicted octanol–water partition coefficient (Wildman–Crippen LogP) is 4.30. The minimum absolute atomic E-state index is 0.341. The molecule has 0 fully saturated rings. The second kappa shape index (κ2) is 6.30. The summed E-state index contributed by atoms with van der Waals surface area (Å²) in [6.45, 7) is 1.90. The van der Waals surface area contributed by atoms with Crippen molar-refractivity contribution >= 4 is 29.0 Å². The van der Waals surface area contributed by atoms with E-state index >= 15 is 0 Å². The Bertz CT molecular complexity index is 629. The Labute approximate surface area is 122 Å². The Morgan fingerprint density at radius 1 is 1.10 bits per heavy atom. The van der Waals surface area contributed by atoms with E-state index in [-0.39, 0.29) is 6.03 Å². The van der Waals surface area contributed by atoms with Gasteiger partial charge >= 0.3 is 6.03 Å². The van der Waals surface area contributed by atoms with E-state index in [1.165, 1.54) is 0 Å². The lowest BCUT2D eigenvalue weighted by Gasteiger charge is -2.11. The van der Waals surface area contributed by atoms with Gasteiger partial charge in [-0.15, -0.1) is 0 Å². The van der Waals surface area contributed by atoms with E-state index in [4.69, 9.17) is 16.3 Å². The molecule has 20 heavy (non-hydrogen) atoms. The second-order valence-electron chi connectivity index (χ2n) is 4.24. The molecule has 5 heteroatoms. The number of ether oxygens (including phenoxy) is 1. The molecule has 0 saturated heterocycles. The first-order valence-corrected chi connectivity index (χ1v) is 6.45. The molecule has 0 spiro atoms. The number of rotatable bonds is 3. The number of anilines is 2. The highest BCUT2D eigenvalue weighted by molar-refractivity contribution is 6.33. The number of urea groups is 1. The lowest BCUT2D eigenvalue weighted by molar-refractivity contribution is 0.262. The molecule has 2 amide bonds. The van der Waals surface area contributed by atoms with Crippen LogP contribution >= 0.6 is 11.6 Å². The highest BCUT2D eigenvalue weighted by atomic mass is 35.5. The number of carbonyl (C=O) groups is 1. The van der Waals surface area contributed by atoms with Crippen LogP contribution in [0.1, 0.15) is 5.56 Å². The van der Waals surface area contributed by atoms with Crippen LogP contribution in [0.5, 0.6) is 5.75 Å². The van der Waals surface area contributed by atoms with Crippen LogP contribution in [0, 0.1) is 6.92 Å². The standard InChI is InChI=1S/C15H15ClN2O2/c1-10-9-11(20-2)7-8-13(10)17-15(19)18-14-6-4-3-5-12(14)16/h3-9H,1-2H3,(H2,17,18,19). The van der Waals surface area contributed by atoms with E-state index in [9.17, 15) is 4.79 Å². The van der Waals surface area contributed by atoms with E-state index in [0.717, 1.165) is 17.0 Å². The minimum Gasteiger partial charge on any atom is -0.497 e. The van der Waals surface area contributed by atoms with Gasteiger partial charge in [-0.25, -0.2) is 4.79 Å². The van der Waals surface area contributed by atoms with Crippen molar-refractivity contribution in [2.45, 2.75) is 6.92 Å². The van der Waals surface area contributed by atoms with Gasteiger partial charge in [0.15, 0.2) is 0 Å². The zero-order valence-corrected chi connectivity index (χ0v) is 12.0. The summed E-state index contributed by atoms with van der Waals surface area (Å²) in [7, 11) is 1.60. The van der Waals surface area contributed by atoms with Gasteiger partial charge in [0, 0.05) is 5.69 Å². The number of benzene rings is 2. The second-order valence-corrected chi connectivity index (χ2v) is 4.65. The van der Waals surface area contributed by atoms with Crippen LogP contribution in [0.25, 0.3) is 0 Å². The maximum Gasteiger partial charge on any atom is 0.323 e. The molecule has 2 N–H and O–H groups in total. The maximum atomic E-state index is 11.9. The molecule has 0 bridgehead atoms. The Balaban J connectivity index is 2.07. The van der Waals surface area contributed by atoms with Crippen molar-refractivity contribution in [3.8, 4) is 5.75 Å². The SMILES string of the molecule is COc1ccc(NC(=O)Nc2ccccc2Cl)c(C)c1. The first-order chi connectivity index (χ1) is 9.60. The molecular formula is C15H15ClN2O2. The van der Waals surface area contributed by atoms with Gasteiger partial charge in [-0.1, -0.05) is 23.7 Å². The summed E-state index contributed by atoms with van der Waals surface area (Å²) in [6, 6.07) is 12.2. The number of hydrogen-bond donors (Lipinski definition) is 2. The lowest BCUT2D eigenvalue weighted by atomic mass is 10.2. The third-order valence-corrected chi connectivity index (χ3v) is 3.13. The molecule has 0 aliphatic heterocycles. The molecule has 2 aromatic carbocycles. The molecule has 0 saturated carbocycles. The molecule has 0 radical (unpaired) electrons. The molecule has 104 valence electrons. The van der Waals surface area contributed by atoms with Gasteiger partial charge in [0.1, 0.15) is 5.75 Å².